The van der Waals surface area contributed by atoms with E-state index in [4.69, 9.17) is 9.72 Å². The van der Waals surface area contributed by atoms with E-state index in [0.29, 0.717) is 30.3 Å². The Morgan fingerprint density at radius 3 is 2.33 bits per heavy atom. The summed E-state index contributed by atoms with van der Waals surface area (Å²) in [4.78, 5) is 18.0. The molecular formula is C26H26N2O2. The van der Waals surface area contributed by atoms with Crippen molar-refractivity contribution in [1.29, 1.82) is 0 Å². The molecule has 1 heterocycles. The summed E-state index contributed by atoms with van der Waals surface area (Å²) in [5, 5.41) is 0.660. The van der Waals surface area contributed by atoms with Crippen molar-refractivity contribution in [1.82, 2.24) is 9.55 Å². The maximum absolute atomic E-state index is 13.2. The summed E-state index contributed by atoms with van der Waals surface area (Å²) < 4.78 is 7.70. The van der Waals surface area contributed by atoms with Crippen LogP contribution >= 0.6 is 0 Å². The molecule has 0 fully saturated rings. The lowest BCUT2D eigenvalue weighted by molar-refractivity contribution is 0.306. The third-order valence-electron chi connectivity index (χ3n) is 5.15. The molecule has 0 aliphatic heterocycles. The number of benzene rings is 3. The molecule has 0 aliphatic carbocycles. The lowest BCUT2D eigenvalue weighted by atomic mass is 10.1. The number of para-hydroxylation sites is 1. The minimum Gasteiger partial charge on any atom is -0.489 e. The Morgan fingerprint density at radius 1 is 0.900 bits per heavy atom. The van der Waals surface area contributed by atoms with Crippen LogP contribution < -0.4 is 10.3 Å². The zero-order valence-corrected chi connectivity index (χ0v) is 17.4. The highest BCUT2D eigenvalue weighted by atomic mass is 16.5. The number of rotatable bonds is 7. The van der Waals surface area contributed by atoms with Crippen molar-refractivity contribution >= 4 is 10.9 Å². The predicted molar refractivity (Wildman–Crippen MR) is 122 cm³/mol. The molecule has 4 heteroatoms. The zero-order valence-electron chi connectivity index (χ0n) is 17.4. The Balaban J connectivity index is 1.65. The normalized spacial score (nSPS) is 11.2. The van der Waals surface area contributed by atoms with Gasteiger partial charge in [0.05, 0.1) is 10.9 Å². The van der Waals surface area contributed by atoms with Gasteiger partial charge in [0.15, 0.2) is 0 Å². The topological polar surface area (TPSA) is 44.1 Å². The Labute approximate surface area is 176 Å². The van der Waals surface area contributed by atoms with E-state index in [2.05, 4.69) is 13.8 Å². The molecule has 0 spiro atoms. The molecule has 0 bridgehead atoms. The Hall–Kier alpha value is -3.40. The van der Waals surface area contributed by atoms with Crippen molar-refractivity contribution in [2.45, 2.75) is 33.4 Å². The quantitative estimate of drug-likeness (QED) is 0.402. The van der Waals surface area contributed by atoms with Gasteiger partial charge in [-0.05, 0) is 54.3 Å². The van der Waals surface area contributed by atoms with Gasteiger partial charge in [0.2, 0.25) is 0 Å². The first-order valence-corrected chi connectivity index (χ1v) is 10.4. The molecule has 0 saturated heterocycles. The van der Waals surface area contributed by atoms with Crippen LogP contribution in [0.3, 0.4) is 0 Å². The fourth-order valence-electron chi connectivity index (χ4n) is 3.42. The molecule has 0 amide bonds. The average molecular weight is 399 g/mol. The van der Waals surface area contributed by atoms with Gasteiger partial charge in [-0.15, -0.1) is 0 Å². The van der Waals surface area contributed by atoms with Gasteiger partial charge < -0.3 is 4.74 Å². The third kappa shape index (κ3) is 4.43. The van der Waals surface area contributed by atoms with Crippen LogP contribution in [-0.2, 0) is 13.2 Å². The minimum absolute atomic E-state index is 0.0145. The SMILES string of the molecule is CC(C)CCn1c(-c2ccc(OCc3ccccc3)cc2)nc2ccccc2c1=O. The molecule has 0 saturated carbocycles. The van der Waals surface area contributed by atoms with Crippen molar-refractivity contribution in [3.63, 3.8) is 0 Å². The second-order valence-corrected chi connectivity index (χ2v) is 7.89. The first kappa shape index (κ1) is 19.9. The summed E-state index contributed by atoms with van der Waals surface area (Å²) in [6.07, 6.45) is 0.922. The number of hydrogen-bond donors (Lipinski definition) is 0. The molecule has 0 radical (unpaired) electrons. The molecular weight excluding hydrogens is 372 g/mol. The zero-order chi connectivity index (χ0) is 20.9. The largest absolute Gasteiger partial charge is 0.489 e. The average Bonchev–Trinajstić information content (AvgIpc) is 2.78. The van der Waals surface area contributed by atoms with Gasteiger partial charge in [-0.2, -0.15) is 0 Å². The van der Waals surface area contributed by atoms with E-state index in [0.717, 1.165) is 28.8 Å². The third-order valence-corrected chi connectivity index (χ3v) is 5.15. The van der Waals surface area contributed by atoms with Gasteiger partial charge in [0.1, 0.15) is 18.2 Å². The lowest BCUT2D eigenvalue weighted by Crippen LogP contribution is -2.24. The van der Waals surface area contributed by atoms with E-state index in [9.17, 15) is 4.79 Å². The first-order chi connectivity index (χ1) is 14.6. The van der Waals surface area contributed by atoms with Crippen LogP contribution in [0.15, 0.2) is 83.7 Å². The van der Waals surface area contributed by atoms with Crippen molar-refractivity contribution in [2.75, 3.05) is 0 Å². The summed E-state index contributed by atoms with van der Waals surface area (Å²) in [5.74, 6) is 2.00. The molecule has 0 aliphatic rings. The minimum atomic E-state index is 0.0145. The summed E-state index contributed by atoms with van der Waals surface area (Å²) in [6.45, 7) is 5.50. The number of nitrogens with zero attached hydrogens (tertiary/aromatic N) is 2. The van der Waals surface area contributed by atoms with E-state index in [1.54, 1.807) is 0 Å². The molecule has 0 N–H and O–H groups in total. The van der Waals surface area contributed by atoms with Gasteiger partial charge >= 0.3 is 0 Å². The molecule has 1 aromatic heterocycles. The summed E-state index contributed by atoms with van der Waals surface area (Å²) in [7, 11) is 0. The van der Waals surface area contributed by atoms with Crippen molar-refractivity contribution < 1.29 is 4.74 Å². The summed E-state index contributed by atoms with van der Waals surface area (Å²) in [5.41, 5.74) is 2.78. The molecule has 152 valence electrons. The maximum Gasteiger partial charge on any atom is 0.261 e. The number of fused-ring (bicyclic) bond motifs is 1. The van der Waals surface area contributed by atoms with E-state index in [1.165, 1.54) is 0 Å². The molecule has 3 aromatic carbocycles. The number of aromatic nitrogens is 2. The lowest BCUT2D eigenvalue weighted by Gasteiger charge is -2.15. The van der Waals surface area contributed by atoms with Crippen LogP contribution in [0.5, 0.6) is 5.75 Å². The van der Waals surface area contributed by atoms with Crippen LogP contribution in [0.1, 0.15) is 25.8 Å². The highest BCUT2D eigenvalue weighted by Gasteiger charge is 2.13. The molecule has 4 nitrogen and oxygen atoms in total. The molecule has 4 rings (SSSR count). The van der Waals surface area contributed by atoms with Gasteiger partial charge in [-0.1, -0.05) is 56.3 Å². The van der Waals surface area contributed by atoms with Crippen LogP contribution in [0.25, 0.3) is 22.3 Å². The van der Waals surface area contributed by atoms with E-state index < -0.39 is 0 Å². The second kappa shape index (κ2) is 8.95. The van der Waals surface area contributed by atoms with E-state index in [1.807, 2.05) is 83.4 Å². The maximum atomic E-state index is 13.2. The Kier molecular flexibility index (Phi) is 5.94. The van der Waals surface area contributed by atoms with Gasteiger partial charge in [0.25, 0.3) is 5.56 Å². The van der Waals surface area contributed by atoms with Crippen molar-refractivity contribution in [3.05, 3.63) is 94.8 Å². The van der Waals surface area contributed by atoms with Crippen LogP contribution in [0.4, 0.5) is 0 Å². The van der Waals surface area contributed by atoms with Crippen LogP contribution in [0, 0.1) is 5.92 Å². The van der Waals surface area contributed by atoms with E-state index in [-0.39, 0.29) is 5.56 Å². The van der Waals surface area contributed by atoms with Crippen molar-refractivity contribution in [2.24, 2.45) is 5.92 Å². The monoisotopic (exact) mass is 398 g/mol. The molecule has 0 unspecified atom stereocenters. The van der Waals surface area contributed by atoms with E-state index >= 15 is 0 Å². The Bertz CT molecular complexity index is 1180. The van der Waals surface area contributed by atoms with Crippen molar-refractivity contribution in [3.8, 4) is 17.1 Å². The second-order valence-electron chi connectivity index (χ2n) is 7.89. The van der Waals surface area contributed by atoms with Gasteiger partial charge in [-0.25, -0.2) is 4.98 Å². The fourth-order valence-corrected chi connectivity index (χ4v) is 3.42. The molecule has 0 atom stereocenters. The fraction of sp³-hybridized carbons (Fsp3) is 0.231. The van der Waals surface area contributed by atoms with Crippen LogP contribution in [0.2, 0.25) is 0 Å². The predicted octanol–water partition coefficient (Wildman–Crippen LogP) is 5.69. The number of ether oxygens (including phenoxy) is 1. The van der Waals surface area contributed by atoms with Gasteiger partial charge in [0, 0.05) is 12.1 Å². The smallest absolute Gasteiger partial charge is 0.261 e. The first-order valence-electron chi connectivity index (χ1n) is 10.4. The highest BCUT2D eigenvalue weighted by Crippen LogP contribution is 2.23. The summed E-state index contributed by atoms with van der Waals surface area (Å²) in [6, 6.07) is 25.5. The van der Waals surface area contributed by atoms with Gasteiger partial charge in [-0.3, -0.25) is 9.36 Å². The summed E-state index contributed by atoms with van der Waals surface area (Å²) >= 11 is 0. The molecule has 30 heavy (non-hydrogen) atoms. The highest BCUT2D eigenvalue weighted by molar-refractivity contribution is 5.79. The van der Waals surface area contributed by atoms with Crippen LogP contribution in [-0.4, -0.2) is 9.55 Å². The standard InChI is InChI=1S/C26H26N2O2/c1-19(2)16-17-28-25(27-24-11-7-6-10-23(24)26(28)29)21-12-14-22(15-13-21)30-18-20-8-4-3-5-9-20/h3-15,19H,16-18H2,1-2H3. The number of hydrogen-bond acceptors (Lipinski definition) is 3. The Morgan fingerprint density at radius 2 is 1.60 bits per heavy atom. The molecule has 4 aromatic rings.